The molecule has 1 fully saturated rings. The average Bonchev–Trinajstić information content (AvgIpc) is 2.49. The van der Waals surface area contributed by atoms with Gasteiger partial charge in [0.2, 0.25) is 0 Å². The number of hydrogen-bond acceptors (Lipinski definition) is 2. The lowest BCUT2D eigenvalue weighted by Crippen LogP contribution is -2.33. The van der Waals surface area contributed by atoms with Crippen molar-refractivity contribution in [2.45, 2.75) is 44.1 Å². The molecule has 1 saturated carbocycles. The second kappa shape index (κ2) is 8.00. The van der Waals surface area contributed by atoms with E-state index < -0.39 is 0 Å². The van der Waals surface area contributed by atoms with E-state index in [2.05, 4.69) is 42.2 Å². The molecule has 0 aromatic heterocycles. The summed E-state index contributed by atoms with van der Waals surface area (Å²) in [5, 5.41) is 3.64. The molecule has 2 heteroatoms. The first kappa shape index (κ1) is 14.1. The van der Waals surface area contributed by atoms with Crippen molar-refractivity contribution < 1.29 is 4.74 Å². The predicted octanol–water partition coefficient (Wildman–Crippen LogP) is 3.85. The van der Waals surface area contributed by atoms with Crippen LogP contribution in [0.4, 0.5) is 0 Å². The summed E-state index contributed by atoms with van der Waals surface area (Å²) >= 11 is 0. The Kier molecular flexibility index (Phi) is 5.96. The SMILES string of the molecule is C=COCCCNC1CCC(c2ccccc2)CC1. The van der Waals surface area contributed by atoms with Gasteiger partial charge in [0.25, 0.3) is 0 Å². The van der Waals surface area contributed by atoms with Gasteiger partial charge in [-0.2, -0.15) is 0 Å². The van der Waals surface area contributed by atoms with E-state index in [1.54, 1.807) is 0 Å². The molecule has 1 N–H and O–H groups in total. The molecule has 2 nitrogen and oxygen atoms in total. The van der Waals surface area contributed by atoms with Crippen molar-refractivity contribution in [1.29, 1.82) is 0 Å². The van der Waals surface area contributed by atoms with Gasteiger partial charge in [0.15, 0.2) is 0 Å². The van der Waals surface area contributed by atoms with E-state index in [4.69, 9.17) is 4.74 Å². The summed E-state index contributed by atoms with van der Waals surface area (Å²) in [7, 11) is 0. The minimum atomic E-state index is 0.698. The standard InChI is InChI=1S/C17H25NO/c1-2-19-14-6-13-18-17-11-9-16(10-12-17)15-7-4-3-5-8-15/h2-5,7-8,16-18H,1,6,9-14H2. The van der Waals surface area contributed by atoms with Crippen molar-refractivity contribution in [2.24, 2.45) is 0 Å². The molecule has 1 aromatic carbocycles. The van der Waals surface area contributed by atoms with Crippen LogP contribution in [0.5, 0.6) is 0 Å². The number of rotatable bonds is 7. The molecule has 0 aliphatic heterocycles. The van der Waals surface area contributed by atoms with Gasteiger partial charge in [0, 0.05) is 6.04 Å². The number of ether oxygens (including phenoxy) is 1. The fraction of sp³-hybridized carbons (Fsp3) is 0.529. The molecule has 0 spiro atoms. The molecule has 0 saturated heterocycles. The fourth-order valence-corrected chi connectivity index (χ4v) is 2.90. The third kappa shape index (κ3) is 4.71. The largest absolute Gasteiger partial charge is 0.502 e. The van der Waals surface area contributed by atoms with Crippen LogP contribution in [-0.2, 0) is 4.74 Å². The minimum Gasteiger partial charge on any atom is -0.502 e. The molecule has 1 aromatic rings. The van der Waals surface area contributed by atoms with Crippen LogP contribution in [0.1, 0.15) is 43.6 Å². The van der Waals surface area contributed by atoms with Gasteiger partial charge >= 0.3 is 0 Å². The van der Waals surface area contributed by atoms with Gasteiger partial charge in [-0.15, -0.1) is 0 Å². The van der Waals surface area contributed by atoms with Crippen LogP contribution in [0.15, 0.2) is 43.2 Å². The summed E-state index contributed by atoms with van der Waals surface area (Å²) in [6, 6.07) is 11.6. The molecule has 0 atom stereocenters. The topological polar surface area (TPSA) is 21.3 Å². The first-order valence-electron chi connectivity index (χ1n) is 7.41. The van der Waals surface area contributed by atoms with Gasteiger partial charge in [-0.3, -0.25) is 0 Å². The molecule has 0 heterocycles. The number of nitrogens with one attached hydrogen (secondary N) is 1. The Bertz CT molecular complexity index is 355. The molecule has 1 aliphatic carbocycles. The molecule has 0 radical (unpaired) electrons. The zero-order valence-electron chi connectivity index (χ0n) is 11.7. The summed E-state index contributed by atoms with van der Waals surface area (Å²) in [6.45, 7) is 5.37. The second-order valence-electron chi connectivity index (χ2n) is 5.30. The zero-order chi connectivity index (χ0) is 13.3. The van der Waals surface area contributed by atoms with E-state index in [0.29, 0.717) is 6.04 Å². The number of benzene rings is 1. The van der Waals surface area contributed by atoms with Crippen LogP contribution in [0.2, 0.25) is 0 Å². The zero-order valence-corrected chi connectivity index (χ0v) is 11.7. The molecule has 0 amide bonds. The van der Waals surface area contributed by atoms with E-state index in [1.165, 1.54) is 37.5 Å². The molecule has 1 aliphatic rings. The van der Waals surface area contributed by atoms with Crippen molar-refractivity contribution in [3.8, 4) is 0 Å². The second-order valence-corrected chi connectivity index (χ2v) is 5.30. The van der Waals surface area contributed by atoms with Crippen molar-refractivity contribution in [3.63, 3.8) is 0 Å². The fourth-order valence-electron chi connectivity index (χ4n) is 2.90. The smallest absolute Gasteiger partial charge is 0.0885 e. The maximum absolute atomic E-state index is 5.12. The molecular formula is C17H25NO. The van der Waals surface area contributed by atoms with E-state index >= 15 is 0 Å². The summed E-state index contributed by atoms with van der Waals surface area (Å²) in [5.74, 6) is 0.767. The lowest BCUT2D eigenvalue weighted by Gasteiger charge is -2.29. The maximum atomic E-state index is 5.12. The quantitative estimate of drug-likeness (QED) is 0.593. The normalized spacial score (nSPS) is 22.9. The first-order valence-corrected chi connectivity index (χ1v) is 7.41. The summed E-state index contributed by atoms with van der Waals surface area (Å²) < 4.78 is 5.12. The predicted molar refractivity (Wildman–Crippen MR) is 80.2 cm³/mol. The molecule has 19 heavy (non-hydrogen) atoms. The Morgan fingerprint density at radius 2 is 1.89 bits per heavy atom. The van der Waals surface area contributed by atoms with Crippen LogP contribution in [0, 0.1) is 0 Å². The number of hydrogen-bond donors (Lipinski definition) is 1. The lowest BCUT2D eigenvalue weighted by molar-refractivity contribution is 0.239. The van der Waals surface area contributed by atoms with Crippen molar-refractivity contribution >= 4 is 0 Å². The van der Waals surface area contributed by atoms with Crippen molar-refractivity contribution in [1.82, 2.24) is 5.32 Å². The minimum absolute atomic E-state index is 0.698. The highest BCUT2D eigenvalue weighted by Crippen LogP contribution is 2.32. The third-order valence-electron chi connectivity index (χ3n) is 3.99. The highest BCUT2D eigenvalue weighted by Gasteiger charge is 2.21. The van der Waals surface area contributed by atoms with Crippen molar-refractivity contribution in [2.75, 3.05) is 13.2 Å². The molecule has 0 unspecified atom stereocenters. The Balaban J connectivity index is 1.64. The third-order valence-corrected chi connectivity index (χ3v) is 3.99. The van der Waals surface area contributed by atoms with E-state index in [1.807, 2.05) is 0 Å². The van der Waals surface area contributed by atoms with E-state index in [9.17, 15) is 0 Å². The summed E-state index contributed by atoms with van der Waals surface area (Å²) in [4.78, 5) is 0. The van der Waals surface area contributed by atoms with Gasteiger partial charge in [0.05, 0.1) is 12.9 Å². The van der Waals surface area contributed by atoms with E-state index in [-0.39, 0.29) is 0 Å². The molecule has 104 valence electrons. The molecule has 0 bridgehead atoms. The summed E-state index contributed by atoms with van der Waals surface area (Å²) in [6.07, 6.45) is 7.79. The van der Waals surface area contributed by atoms with Gasteiger partial charge in [-0.1, -0.05) is 36.9 Å². The Morgan fingerprint density at radius 1 is 1.16 bits per heavy atom. The lowest BCUT2D eigenvalue weighted by atomic mass is 9.82. The van der Waals surface area contributed by atoms with Crippen LogP contribution in [0.3, 0.4) is 0 Å². The van der Waals surface area contributed by atoms with Gasteiger partial charge in [-0.25, -0.2) is 0 Å². The highest BCUT2D eigenvalue weighted by atomic mass is 16.5. The van der Waals surface area contributed by atoms with Gasteiger partial charge < -0.3 is 10.1 Å². The first-order chi connectivity index (χ1) is 9.40. The Labute approximate surface area is 116 Å². The van der Waals surface area contributed by atoms with Gasteiger partial charge in [0.1, 0.15) is 0 Å². The van der Waals surface area contributed by atoms with Crippen LogP contribution < -0.4 is 5.32 Å². The monoisotopic (exact) mass is 259 g/mol. The Morgan fingerprint density at radius 3 is 2.58 bits per heavy atom. The molecular weight excluding hydrogens is 234 g/mol. The van der Waals surface area contributed by atoms with Crippen LogP contribution in [0.25, 0.3) is 0 Å². The van der Waals surface area contributed by atoms with Gasteiger partial charge in [-0.05, 0) is 50.1 Å². The van der Waals surface area contributed by atoms with Crippen molar-refractivity contribution in [3.05, 3.63) is 48.7 Å². The van der Waals surface area contributed by atoms with Crippen LogP contribution >= 0.6 is 0 Å². The van der Waals surface area contributed by atoms with E-state index in [0.717, 1.165) is 25.5 Å². The maximum Gasteiger partial charge on any atom is 0.0885 e. The van der Waals surface area contributed by atoms with Crippen LogP contribution in [-0.4, -0.2) is 19.2 Å². The highest BCUT2D eigenvalue weighted by molar-refractivity contribution is 5.20. The Hall–Kier alpha value is -1.28. The summed E-state index contributed by atoms with van der Waals surface area (Å²) in [5.41, 5.74) is 1.51. The molecule has 2 rings (SSSR count). The average molecular weight is 259 g/mol.